The van der Waals surface area contributed by atoms with Crippen molar-refractivity contribution in [3.05, 3.63) is 96.2 Å². The van der Waals surface area contributed by atoms with E-state index in [-0.39, 0.29) is 30.3 Å². The molecule has 1 aromatic carbocycles. The lowest BCUT2D eigenvalue weighted by Crippen LogP contribution is -2.41. The highest BCUT2D eigenvalue weighted by molar-refractivity contribution is 6.03. The van der Waals surface area contributed by atoms with Crippen molar-refractivity contribution in [3.63, 3.8) is 0 Å². The molecule has 6 aliphatic rings. The number of anilines is 4. The number of aromatic nitrogens is 2. The SMILES string of the molecule is C1=CC2C3=NC(Nc4[nH]c(c5ccccc45)NC4NC(Nc5[nH]c(c6c5CC=CC6)N3)C3C=CC=CC43)C2C=C1. The van der Waals surface area contributed by atoms with Crippen LogP contribution in [0.5, 0.6) is 0 Å². The predicted octanol–water partition coefficient (Wildman–Crippen LogP) is 5.22. The number of H-pyrrole nitrogens is 2. The normalized spacial score (nSPS) is 32.4. The fourth-order valence-corrected chi connectivity index (χ4v) is 7.42. The minimum absolute atomic E-state index is 0.0571. The molecule has 3 aliphatic carbocycles. The number of allylic oxidation sites excluding steroid dienone is 6. The fraction of sp³-hybridized carbons (Fsp3) is 0.281. The van der Waals surface area contributed by atoms with E-state index in [9.17, 15) is 0 Å². The maximum atomic E-state index is 5.25. The Bertz CT molecular complexity index is 1690. The van der Waals surface area contributed by atoms with Gasteiger partial charge in [-0.15, -0.1) is 0 Å². The van der Waals surface area contributed by atoms with Gasteiger partial charge in [-0.3, -0.25) is 5.32 Å². The largest absolute Gasteiger partial charge is 0.355 e. The topological polar surface area (TPSA) is 104 Å². The number of amidine groups is 1. The van der Waals surface area contributed by atoms with Crippen LogP contribution >= 0.6 is 0 Å². The molecule has 7 atom stereocenters. The van der Waals surface area contributed by atoms with Crippen molar-refractivity contribution in [1.82, 2.24) is 15.3 Å². The lowest BCUT2D eigenvalue weighted by molar-refractivity contribution is 0.504. The second-order valence-electron chi connectivity index (χ2n) is 11.6. The summed E-state index contributed by atoms with van der Waals surface area (Å²) in [5, 5.41) is 21.5. The van der Waals surface area contributed by atoms with E-state index < -0.39 is 0 Å². The molecule has 0 amide bonds. The van der Waals surface area contributed by atoms with E-state index in [1.807, 2.05) is 0 Å². The first-order valence-corrected chi connectivity index (χ1v) is 14.4. The number of rotatable bonds is 0. The molecule has 3 aliphatic heterocycles. The van der Waals surface area contributed by atoms with Gasteiger partial charge in [0.2, 0.25) is 0 Å². The summed E-state index contributed by atoms with van der Waals surface area (Å²) in [7, 11) is 0. The number of benzene rings is 1. The number of aromatic amines is 2. The molecule has 2 aromatic heterocycles. The van der Waals surface area contributed by atoms with Crippen molar-refractivity contribution in [3.8, 4) is 0 Å². The van der Waals surface area contributed by atoms with Crippen molar-refractivity contribution in [2.45, 2.75) is 31.3 Å². The minimum atomic E-state index is -0.0930. The number of fused-ring (bicyclic) bond motifs is 19. The minimum Gasteiger partial charge on any atom is -0.355 e. The van der Waals surface area contributed by atoms with Crippen molar-refractivity contribution in [1.29, 1.82) is 0 Å². The summed E-state index contributed by atoms with van der Waals surface area (Å²) >= 11 is 0. The summed E-state index contributed by atoms with van der Waals surface area (Å²) in [4.78, 5) is 12.7. The first kappa shape index (κ1) is 22.4. The monoisotopic (exact) mass is 528 g/mol. The zero-order valence-electron chi connectivity index (χ0n) is 22.0. The Hall–Kier alpha value is -4.43. The zero-order chi connectivity index (χ0) is 26.2. The summed E-state index contributed by atoms with van der Waals surface area (Å²) < 4.78 is 0. The fourth-order valence-electron chi connectivity index (χ4n) is 7.42. The lowest BCUT2D eigenvalue weighted by Gasteiger charge is -2.23. The quantitative estimate of drug-likeness (QED) is 0.203. The molecule has 40 heavy (non-hydrogen) atoms. The summed E-state index contributed by atoms with van der Waals surface area (Å²) in [5.74, 6) is 6.17. The lowest BCUT2D eigenvalue weighted by atomic mass is 9.88. The Balaban J connectivity index is 1.20. The van der Waals surface area contributed by atoms with Crippen LogP contribution in [0.3, 0.4) is 0 Å². The Morgan fingerprint density at radius 1 is 0.625 bits per heavy atom. The third kappa shape index (κ3) is 3.32. The number of nitrogens with zero attached hydrogens (tertiary/aromatic N) is 1. The standard InChI is InChI=1S/C32H32N8/c1-2-10-18-17(9-1)25-33-26(18)38-28-21-13-5-6-14-22(21)30(35-28)40-32-24-16-8-7-15-23(24)31(36-32)39-29-20-12-4-3-11-19(20)27(34-29)37-25/h1-14,19-22,27-29,33-34,36-39H,15-16H2,(H,35,40). The van der Waals surface area contributed by atoms with Crippen LogP contribution in [-0.2, 0) is 12.8 Å². The van der Waals surface area contributed by atoms with Gasteiger partial charge < -0.3 is 31.2 Å². The molecule has 8 heteroatoms. The van der Waals surface area contributed by atoms with Crippen molar-refractivity contribution < 1.29 is 0 Å². The molecular formula is C32H32N8. The molecule has 8 nitrogen and oxygen atoms in total. The van der Waals surface area contributed by atoms with Gasteiger partial charge in [-0.2, -0.15) is 0 Å². The molecule has 7 N–H and O–H groups in total. The molecule has 0 radical (unpaired) electrons. The van der Waals surface area contributed by atoms with E-state index in [4.69, 9.17) is 4.99 Å². The van der Waals surface area contributed by atoms with Crippen LogP contribution in [0.4, 0.5) is 23.3 Å². The van der Waals surface area contributed by atoms with Crippen molar-refractivity contribution in [2.75, 3.05) is 21.3 Å². The number of hydrogen-bond acceptors (Lipinski definition) is 6. The van der Waals surface area contributed by atoms with Gasteiger partial charge in [0.05, 0.1) is 12.3 Å². The molecule has 7 unspecified atom stereocenters. The van der Waals surface area contributed by atoms with Crippen LogP contribution in [0.2, 0.25) is 0 Å². The maximum Gasteiger partial charge on any atom is 0.129 e. The van der Waals surface area contributed by atoms with Gasteiger partial charge in [0.15, 0.2) is 0 Å². The smallest absolute Gasteiger partial charge is 0.129 e. The summed E-state index contributed by atoms with van der Waals surface area (Å²) in [6.45, 7) is 0. The Kier molecular flexibility index (Phi) is 4.78. The van der Waals surface area contributed by atoms with E-state index in [0.717, 1.165) is 47.3 Å². The highest BCUT2D eigenvalue weighted by atomic mass is 15.3. The Morgan fingerprint density at radius 3 is 1.98 bits per heavy atom. The van der Waals surface area contributed by atoms with E-state index >= 15 is 0 Å². The Morgan fingerprint density at radius 2 is 1.23 bits per heavy atom. The van der Waals surface area contributed by atoms with Crippen LogP contribution in [-0.4, -0.2) is 34.3 Å². The number of hydrogen-bond donors (Lipinski definition) is 7. The van der Waals surface area contributed by atoms with Crippen molar-refractivity contribution in [2.24, 2.45) is 28.7 Å². The van der Waals surface area contributed by atoms with Crippen molar-refractivity contribution >= 4 is 39.9 Å². The van der Waals surface area contributed by atoms with Gasteiger partial charge >= 0.3 is 0 Å². The molecule has 200 valence electrons. The van der Waals surface area contributed by atoms with E-state index in [1.165, 1.54) is 16.5 Å². The highest BCUT2D eigenvalue weighted by Crippen LogP contribution is 2.41. The Labute approximate surface area is 232 Å². The molecule has 5 heterocycles. The second-order valence-corrected chi connectivity index (χ2v) is 11.6. The summed E-state index contributed by atoms with van der Waals surface area (Å²) in [6.07, 6.45) is 24.2. The van der Waals surface area contributed by atoms with Gasteiger partial charge in [-0.1, -0.05) is 85.0 Å². The van der Waals surface area contributed by atoms with E-state index in [0.29, 0.717) is 11.8 Å². The predicted molar refractivity (Wildman–Crippen MR) is 163 cm³/mol. The van der Waals surface area contributed by atoms with Crippen LogP contribution in [0.25, 0.3) is 10.8 Å². The van der Waals surface area contributed by atoms with Crippen LogP contribution < -0.4 is 26.6 Å². The third-order valence-corrected chi connectivity index (χ3v) is 9.38. The summed E-state index contributed by atoms with van der Waals surface area (Å²) in [6, 6.07) is 8.57. The third-order valence-electron chi connectivity index (χ3n) is 9.38. The molecule has 1 saturated heterocycles. The molecule has 3 aromatic rings. The average molecular weight is 529 g/mol. The van der Waals surface area contributed by atoms with Gasteiger partial charge in [-0.05, 0) is 12.8 Å². The van der Waals surface area contributed by atoms with Gasteiger partial charge in [0.25, 0.3) is 0 Å². The summed E-state index contributed by atoms with van der Waals surface area (Å²) in [5.41, 5.74) is 2.66. The average Bonchev–Trinajstić information content (AvgIpc) is 3.73. The second kappa shape index (κ2) is 8.53. The molecule has 8 bridgehead atoms. The number of aliphatic imine (C=N–C) groups is 1. The van der Waals surface area contributed by atoms with Gasteiger partial charge in [0.1, 0.15) is 35.3 Å². The maximum absolute atomic E-state index is 5.25. The molecule has 1 fully saturated rings. The van der Waals surface area contributed by atoms with E-state index in [2.05, 4.69) is 122 Å². The molecular weight excluding hydrogens is 496 g/mol. The van der Waals surface area contributed by atoms with Crippen LogP contribution in [0, 0.1) is 23.7 Å². The molecule has 9 rings (SSSR count). The van der Waals surface area contributed by atoms with Gasteiger partial charge in [0, 0.05) is 45.6 Å². The zero-order valence-corrected chi connectivity index (χ0v) is 22.0. The number of nitrogens with one attached hydrogen (secondary N) is 7. The van der Waals surface area contributed by atoms with Crippen LogP contribution in [0.1, 0.15) is 11.1 Å². The van der Waals surface area contributed by atoms with Gasteiger partial charge in [-0.25, -0.2) is 4.99 Å². The van der Waals surface area contributed by atoms with E-state index in [1.54, 1.807) is 0 Å². The molecule has 0 spiro atoms. The highest BCUT2D eigenvalue weighted by Gasteiger charge is 2.43. The molecule has 0 saturated carbocycles. The first-order valence-electron chi connectivity index (χ1n) is 14.4. The first-order chi connectivity index (χ1) is 19.8. The van der Waals surface area contributed by atoms with Crippen LogP contribution in [0.15, 0.2) is 90.0 Å².